The zero-order valence-corrected chi connectivity index (χ0v) is 13.5. The highest BCUT2D eigenvalue weighted by atomic mass is 79.9. The van der Waals surface area contributed by atoms with Crippen molar-refractivity contribution < 1.29 is 0 Å². The van der Waals surface area contributed by atoms with Crippen LogP contribution in [0.3, 0.4) is 0 Å². The standard InChI is InChI=1S/C10H16Br2S2/c1-10(2,3)7-5-13-9(14-6-7)4-8(11)12/h4,7,9H,5-6H2,1-3H3. The predicted molar refractivity (Wildman–Crippen MR) is 77.6 cm³/mol. The van der Waals surface area contributed by atoms with Gasteiger partial charge in [0.15, 0.2) is 0 Å². The molecule has 1 aliphatic rings. The van der Waals surface area contributed by atoms with Gasteiger partial charge in [-0.1, -0.05) is 20.8 Å². The molecule has 0 radical (unpaired) electrons. The van der Waals surface area contributed by atoms with Gasteiger partial charge in [-0.15, -0.1) is 23.5 Å². The van der Waals surface area contributed by atoms with Crippen molar-refractivity contribution >= 4 is 55.4 Å². The third-order valence-electron chi connectivity index (χ3n) is 2.41. The monoisotopic (exact) mass is 358 g/mol. The maximum atomic E-state index is 3.42. The maximum absolute atomic E-state index is 3.42. The van der Waals surface area contributed by atoms with Gasteiger partial charge in [-0.25, -0.2) is 0 Å². The molecule has 14 heavy (non-hydrogen) atoms. The Morgan fingerprint density at radius 2 is 1.71 bits per heavy atom. The van der Waals surface area contributed by atoms with Crippen molar-refractivity contribution in [3.8, 4) is 0 Å². The molecule has 0 aromatic carbocycles. The minimum Gasteiger partial charge on any atom is -0.143 e. The quantitative estimate of drug-likeness (QED) is 0.639. The van der Waals surface area contributed by atoms with Gasteiger partial charge >= 0.3 is 0 Å². The van der Waals surface area contributed by atoms with Crippen LogP contribution in [-0.4, -0.2) is 16.1 Å². The summed E-state index contributed by atoms with van der Waals surface area (Å²) >= 11 is 10.9. The summed E-state index contributed by atoms with van der Waals surface area (Å²) in [5.41, 5.74) is 0.459. The van der Waals surface area contributed by atoms with Crippen molar-refractivity contribution in [2.45, 2.75) is 25.4 Å². The molecular formula is C10H16Br2S2. The van der Waals surface area contributed by atoms with E-state index in [2.05, 4.69) is 82.2 Å². The highest BCUT2D eigenvalue weighted by Gasteiger charge is 2.29. The number of thioether (sulfide) groups is 2. The van der Waals surface area contributed by atoms with Gasteiger partial charge in [0, 0.05) is 0 Å². The first-order valence-electron chi connectivity index (χ1n) is 4.65. The smallest absolute Gasteiger partial charge is 0.0701 e. The second-order valence-corrected chi connectivity index (χ2v) is 9.97. The topological polar surface area (TPSA) is 0 Å². The molecule has 0 saturated carbocycles. The van der Waals surface area contributed by atoms with Gasteiger partial charge < -0.3 is 0 Å². The molecule has 0 N–H and O–H groups in total. The molecule has 1 fully saturated rings. The van der Waals surface area contributed by atoms with E-state index in [9.17, 15) is 0 Å². The molecule has 1 aliphatic heterocycles. The zero-order valence-electron chi connectivity index (χ0n) is 8.72. The zero-order chi connectivity index (χ0) is 10.8. The Balaban J connectivity index is 2.43. The fourth-order valence-electron chi connectivity index (χ4n) is 1.22. The van der Waals surface area contributed by atoms with E-state index in [0.29, 0.717) is 10.00 Å². The number of hydrogen-bond donors (Lipinski definition) is 0. The van der Waals surface area contributed by atoms with Crippen LogP contribution in [0.15, 0.2) is 9.47 Å². The molecule has 0 bridgehead atoms. The first-order chi connectivity index (χ1) is 6.39. The highest BCUT2D eigenvalue weighted by molar-refractivity contribution is 9.28. The van der Waals surface area contributed by atoms with Crippen LogP contribution < -0.4 is 0 Å². The third kappa shape index (κ3) is 4.50. The third-order valence-corrected chi connectivity index (χ3v) is 5.87. The van der Waals surface area contributed by atoms with Gasteiger partial charge in [0.1, 0.15) is 0 Å². The molecule has 0 amide bonds. The van der Waals surface area contributed by atoms with Crippen LogP contribution in [0.4, 0.5) is 0 Å². The SMILES string of the molecule is CC(C)(C)C1CSC(C=C(Br)Br)SC1. The lowest BCUT2D eigenvalue weighted by atomic mass is 9.83. The van der Waals surface area contributed by atoms with Crippen LogP contribution in [0.2, 0.25) is 0 Å². The second-order valence-electron chi connectivity index (χ2n) is 4.55. The minimum atomic E-state index is 0.459. The number of rotatable bonds is 1. The van der Waals surface area contributed by atoms with Gasteiger partial charge in [0.2, 0.25) is 0 Å². The molecule has 0 aliphatic carbocycles. The Kier molecular flexibility index (Phi) is 5.43. The van der Waals surface area contributed by atoms with Gasteiger partial charge in [-0.2, -0.15) is 0 Å². The van der Waals surface area contributed by atoms with Crippen molar-refractivity contribution in [1.82, 2.24) is 0 Å². The summed E-state index contributed by atoms with van der Waals surface area (Å²) in [6.07, 6.45) is 2.23. The van der Waals surface area contributed by atoms with Crippen LogP contribution in [0.1, 0.15) is 20.8 Å². The van der Waals surface area contributed by atoms with Crippen molar-refractivity contribution in [3.05, 3.63) is 9.47 Å². The fraction of sp³-hybridized carbons (Fsp3) is 0.800. The normalized spacial score (nSPS) is 28.6. The Hall–Kier alpha value is 1.40. The lowest BCUT2D eigenvalue weighted by Crippen LogP contribution is -2.29. The molecular weight excluding hydrogens is 344 g/mol. The van der Waals surface area contributed by atoms with E-state index in [1.165, 1.54) is 11.5 Å². The molecule has 0 nitrogen and oxygen atoms in total. The summed E-state index contributed by atoms with van der Waals surface area (Å²) in [5.74, 6) is 3.41. The van der Waals surface area contributed by atoms with Gasteiger partial charge in [-0.3, -0.25) is 0 Å². The molecule has 0 spiro atoms. The first kappa shape index (κ1) is 13.5. The largest absolute Gasteiger partial charge is 0.143 e. The summed E-state index contributed by atoms with van der Waals surface area (Å²) in [6.45, 7) is 7.03. The van der Waals surface area contributed by atoms with Gasteiger partial charge in [-0.05, 0) is 60.8 Å². The fourth-order valence-corrected chi connectivity index (χ4v) is 6.00. The van der Waals surface area contributed by atoms with Crippen molar-refractivity contribution in [2.75, 3.05) is 11.5 Å². The summed E-state index contributed by atoms with van der Waals surface area (Å²) in [5, 5.41) is 0. The Labute approximate surface area is 112 Å². The molecule has 0 atom stereocenters. The summed E-state index contributed by atoms with van der Waals surface area (Å²) < 4.78 is 1.69. The van der Waals surface area contributed by atoms with Crippen LogP contribution >= 0.6 is 55.4 Å². The molecule has 1 heterocycles. The average Bonchev–Trinajstić information content (AvgIpc) is 2.02. The number of hydrogen-bond acceptors (Lipinski definition) is 2. The molecule has 0 aromatic rings. The summed E-state index contributed by atoms with van der Waals surface area (Å²) in [6, 6.07) is 0. The molecule has 1 saturated heterocycles. The highest BCUT2D eigenvalue weighted by Crippen LogP contribution is 2.42. The van der Waals surface area contributed by atoms with Gasteiger partial charge in [0.05, 0.1) is 7.97 Å². The molecule has 0 aromatic heterocycles. The Morgan fingerprint density at radius 1 is 1.21 bits per heavy atom. The van der Waals surface area contributed by atoms with Crippen molar-refractivity contribution in [1.29, 1.82) is 0 Å². The van der Waals surface area contributed by atoms with E-state index < -0.39 is 0 Å². The molecule has 1 rings (SSSR count). The van der Waals surface area contributed by atoms with Crippen molar-refractivity contribution in [2.24, 2.45) is 11.3 Å². The van der Waals surface area contributed by atoms with E-state index >= 15 is 0 Å². The second kappa shape index (κ2) is 5.65. The summed E-state index contributed by atoms with van der Waals surface area (Å²) in [7, 11) is 0. The van der Waals surface area contributed by atoms with E-state index in [4.69, 9.17) is 0 Å². The van der Waals surface area contributed by atoms with E-state index in [1.54, 1.807) is 0 Å². The maximum Gasteiger partial charge on any atom is 0.0701 e. The molecule has 0 unspecified atom stereocenters. The van der Waals surface area contributed by atoms with Crippen LogP contribution in [0, 0.1) is 11.3 Å². The lowest BCUT2D eigenvalue weighted by molar-refractivity contribution is 0.293. The van der Waals surface area contributed by atoms with E-state index in [0.717, 1.165) is 9.31 Å². The first-order valence-corrected chi connectivity index (χ1v) is 8.34. The van der Waals surface area contributed by atoms with E-state index in [1.807, 2.05) is 0 Å². The summed E-state index contributed by atoms with van der Waals surface area (Å²) in [4.78, 5) is 0. The average molecular weight is 360 g/mol. The van der Waals surface area contributed by atoms with Gasteiger partial charge in [0.25, 0.3) is 0 Å². The molecule has 82 valence electrons. The van der Waals surface area contributed by atoms with E-state index in [-0.39, 0.29) is 0 Å². The minimum absolute atomic E-state index is 0.459. The van der Waals surface area contributed by atoms with Crippen LogP contribution in [-0.2, 0) is 0 Å². The lowest BCUT2D eigenvalue weighted by Gasteiger charge is -2.35. The van der Waals surface area contributed by atoms with Crippen molar-refractivity contribution in [3.63, 3.8) is 0 Å². The van der Waals surface area contributed by atoms with Crippen LogP contribution in [0.5, 0.6) is 0 Å². The Morgan fingerprint density at radius 3 is 2.07 bits per heavy atom. The Bertz CT molecular complexity index is 209. The molecule has 4 heteroatoms. The predicted octanol–water partition coefficient (Wildman–Crippen LogP) is 5.09. The number of halogens is 2. The van der Waals surface area contributed by atoms with Crippen LogP contribution in [0.25, 0.3) is 0 Å².